The van der Waals surface area contributed by atoms with Crippen molar-refractivity contribution in [1.29, 1.82) is 0 Å². The van der Waals surface area contributed by atoms with Gasteiger partial charge in [-0.05, 0) is 35.2 Å². The first kappa shape index (κ1) is 12.4. The molecule has 0 bridgehead atoms. The molecule has 2 heteroatoms. The maximum absolute atomic E-state index is 3.50. The monoisotopic (exact) mass is 252 g/mol. The molecule has 0 radical (unpaired) electrons. The van der Waals surface area contributed by atoms with Gasteiger partial charge in [0.25, 0.3) is 0 Å². The molecule has 1 aliphatic heterocycles. The molecule has 1 heterocycles. The Morgan fingerprint density at radius 3 is 2.63 bits per heavy atom. The third-order valence-electron chi connectivity index (χ3n) is 3.66. The van der Waals surface area contributed by atoms with Gasteiger partial charge in [0.15, 0.2) is 0 Å². The molecule has 1 aliphatic rings. The molecular formula is C17H20N2. The Morgan fingerprint density at radius 2 is 1.74 bits per heavy atom. The molecule has 0 atom stereocenters. The van der Waals surface area contributed by atoms with Gasteiger partial charge in [0.05, 0.1) is 0 Å². The molecule has 0 amide bonds. The van der Waals surface area contributed by atoms with E-state index in [1.54, 1.807) is 0 Å². The first-order valence-electron chi connectivity index (χ1n) is 6.98. The Kier molecular flexibility index (Phi) is 3.92. The molecule has 0 saturated carbocycles. The van der Waals surface area contributed by atoms with Crippen LogP contribution in [0.25, 0.3) is 0 Å². The van der Waals surface area contributed by atoms with Gasteiger partial charge in [0.1, 0.15) is 0 Å². The Balaban J connectivity index is 1.58. The third kappa shape index (κ3) is 3.22. The van der Waals surface area contributed by atoms with Gasteiger partial charge in [-0.1, -0.05) is 48.5 Å². The highest BCUT2D eigenvalue weighted by molar-refractivity contribution is 5.33. The zero-order chi connectivity index (χ0) is 12.9. The summed E-state index contributed by atoms with van der Waals surface area (Å²) in [5, 5.41) is 6.93. The fraction of sp³-hybridized carbons (Fsp3) is 0.294. The lowest BCUT2D eigenvalue weighted by Crippen LogP contribution is -2.24. The summed E-state index contributed by atoms with van der Waals surface area (Å²) in [6.07, 6.45) is 1.16. The molecular weight excluding hydrogens is 232 g/mol. The summed E-state index contributed by atoms with van der Waals surface area (Å²) in [4.78, 5) is 0. The summed E-state index contributed by atoms with van der Waals surface area (Å²) in [6.45, 7) is 3.98. The minimum Gasteiger partial charge on any atom is -0.312 e. The number of benzene rings is 2. The SMILES string of the molecule is c1ccc(CNCc2ccc3c(c2)CNCC3)cc1. The lowest BCUT2D eigenvalue weighted by atomic mass is 9.98. The Hall–Kier alpha value is -1.64. The summed E-state index contributed by atoms with van der Waals surface area (Å²) in [6, 6.07) is 17.4. The Bertz CT molecular complexity index is 534. The van der Waals surface area contributed by atoms with E-state index in [4.69, 9.17) is 0 Å². The van der Waals surface area contributed by atoms with Crippen LogP contribution in [0.3, 0.4) is 0 Å². The number of hydrogen-bond acceptors (Lipinski definition) is 2. The lowest BCUT2D eigenvalue weighted by molar-refractivity contribution is 0.639. The maximum atomic E-state index is 3.50. The van der Waals surface area contributed by atoms with Gasteiger partial charge < -0.3 is 10.6 Å². The van der Waals surface area contributed by atoms with E-state index < -0.39 is 0 Å². The molecule has 0 unspecified atom stereocenters. The molecule has 2 aromatic carbocycles. The number of nitrogens with one attached hydrogen (secondary N) is 2. The summed E-state index contributed by atoms with van der Waals surface area (Å²) < 4.78 is 0. The van der Waals surface area contributed by atoms with E-state index in [1.165, 1.54) is 22.3 Å². The fourth-order valence-corrected chi connectivity index (χ4v) is 2.59. The van der Waals surface area contributed by atoms with Crippen LogP contribution in [0, 0.1) is 0 Å². The minimum absolute atomic E-state index is 0.927. The first-order chi connectivity index (χ1) is 9.42. The minimum atomic E-state index is 0.927. The van der Waals surface area contributed by atoms with Crippen LogP contribution in [-0.4, -0.2) is 6.54 Å². The average Bonchev–Trinajstić information content (AvgIpc) is 2.48. The van der Waals surface area contributed by atoms with E-state index in [0.717, 1.165) is 32.6 Å². The predicted molar refractivity (Wildman–Crippen MR) is 78.8 cm³/mol. The van der Waals surface area contributed by atoms with Crippen LogP contribution in [-0.2, 0) is 26.1 Å². The molecule has 19 heavy (non-hydrogen) atoms. The van der Waals surface area contributed by atoms with Crippen molar-refractivity contribution in [3.63, 3.8) is 0 Å². The van der Waals surface area contributed by atoms with Gasteiger partial charge in [-0.3, -0.25) is 0 Å². The molecule has 0 fully saturated rings. The normalized spacial score (nSPS) is 14.1. The molecule has 98 valence electrons. The van der Waals surface area contributed by atoms with Gasteiger partial charge >= 0.3 is 0 Å². The second-order valence-corrected chi connectivity index (χ2v) is 5.12. The van der Waals surface area contributed by atoms with Gasteiger partial charge in [0, 0.05) is 19.6 Å². The highest BCUT2D eigenvalue weighted by Gasteiger charge is 2.08. The second kappa shape index (κ2) is 6.00. The van der Waals surface area contributed by atoms with E-state index in [9.17, 15) is 0 Å². The largest absolute Gasteiger partial charge is 0.312 e. The molecule has 2 aromatic rings. The fourth-order valence-electron chi connectivity index (χ4n) is 2.59. The summed E-state index contributed by atoms with van der Waals surface area (Å²) >= 11 is 0. The van der Waals surface area contributed by atoms with Crippen LogP contribution in [0.4, 0.5) is 0 Å². The summed E-state index contributed by atoms with van der Waals surface area (Å²) in [5.74, 6) is 0. The smallest absolute Gasteiger partial charge is 0.0208 e. The van der Waals surface area contributed by atoms with Crippen LogP contribution >= 0.6 is 0 Å². The second-order valence-electron chi connectivity index (χ2n) is 5.12. The van der Waals surface area contributed by atoms with Crippen molar-refractivity contribution < 1.29 is 0 Å². The van der Waals surface area contributed by atoms with Crippen LogP contribution in [0.5, 0.6) is 0 Å². The van der Waals surface area contributed by atoms with Crippen molar-refractivity contribution >= 4 is 0 Å². The van der Waals surface area contributed by atoms with E-state index in [2.05, 4.69) is 59.2 Å². The van der Waals surface area contributed by atoms with Crippen molar-refractivity contribution in [2.24, 2.45) is 0 Å². The third-order valence-corrected chi connectivity index (χ3v) is 3.66. The molecule has 2 N–H and O–H groups in total. The quantitative estimate of drug-likeness (QED) is 0.874. The summed E-state index contributed by atoms with van der Waals surface area (Å²) in [7, 11) is 0. The van der Waals surface area contributed by atoms with E-state index >= 15 is 0 Å². The zero-order valence-electron chi connectivity index (χ0n) is 11.2. The van der Waals surface area contributed by atoms with Gasteiger partial charge in [-0.15, -0.1) is 0 Å². The summed E-state index contributed by atoms with van der Waals surface area (Å²) in [5.41, 5.74) is 5.68. The molecule has 3 rings (SSSR count). The highest BCUT2D eigenvalue weighted by atomic mass is 14.9. The average molecular weight is 252 g/mol. The number of fused-ring (bicyclic) bond motifs is 1. The first-order valence-corrected chi connectivity index (χ1v) is 6.98. The number of hydrogen-bond donors (Lipinski definition) is 2. The van der Waals surface area contributed by atoms with Gasteiger partial charge in [-0.25, -0.2) is 0 Å². The standard InChI is InChI=1S/C17H20N2/c1-2-4-14(5-3-1)11-19-12-15-6-7-16-8-9-18-13-17(16)10-15/h1-7,10,18-19H,8-9,11-13H2. The Labute approximate surface area is 114 Å². The van der Waals surface area contributed by atoms with Gasteiger partial charge in [-0.2, -0.15) is 0 Å². The van der Waals surface area contributed by atoms with Crippen molar-refractivity contribution in [3.8, 4) is 0 Å². The molecule has 0 aromatic heterocycles. The van der Waals surface area contributed by atoms with Crippen molar-refractivity contribution in [2.75, 3.05) is 6.54 Å². The molecule has 2 nitrogen and oxygen atoms in total. The van der Waals surface area contributed by atoms with Gasteiger partial charge in [0.2, 0.25) is 0 Å². The highest BCUT2D eigenvalue weighted by Crippen LogP contribution is 2.15. The predicted octanol–water partition coefficient (Wildman–Crippen LogP) is 2.62. The Morgan fingerprint density at radius 1 is 0.895 bits per heavy atom. The van der Waals surface area contributed by atoms with E-state index in [1.807, 2.05) is 0 Å². The van der Waals surface area contributed by atoms with Crippen molar-refractivity contribution in [2.45, 2.75) is 26.1 Å². The van der Waals surface area contributed by atoms with Crippen LogP contribution in [0.15, 0.2) is 48.5 Å². The van der Waals surface area contributed by atoms with E-state index in [0.29, 0.717) is 0 Å². The lowest BCUT2D eigenvalue weighted by Gasteiger charge is -2.18. The van der Waals surface area contributed by atoms with Crippen LogP contribution in [0.2, 0.25) is 0 Å². The number of rotatable bonds is 4. The van der Waals surface area contributed by atoms with Crippen LogP contribution < -0.4 is 10.6 Å². The van der Waals surface area contributed by atoms with Crippen molar-refractivity contribution in [1.82, 2.24) is 10.6 Å². The topological polar surface area (TPSA) is 24.1 Å². The molecule has 0 spiro atoms. The van der Waals surface area contributed by atoms with Crippen molar-refractivity contribution in [3.05, 3.63) is 70.8 Å². The van der Waals surface area contributed by atoms with E-state index in [-0.39, 0.29) is 0 Å². The van der Waals surface area contributed by atoms with Crippen LogP contribution in [0.1, 0.15) is 22.3 Å². The maximum Gasteiger partial charge on any atom is 0.0208 e. The zero-order valence-corrected chi connectivity index (χ0v) is 11.2. The molecule has 0 aliphatic carbocycles. The molecule has 0 saturated heterocycles.